The zero-order chi connectivity index (χ0) is 15.2. The molecule has 1 atom stereocenters. The van der Waals surface area contributed by atoms with E-state index in [-0.39, 0.29) is 6.04 Å². The zero-order valence-corrected chi connectivity index (χ0v) is 13.3. The van der Waals surface area contributed by atoms with Gasteiger partial charge in [0, 0.05) is 17.6 Å². The van der Waals surface area contributed by atoms with Crippen molar-refractivity contribution in [1.29, 1.82) is 0 Å². The lowest BCUT2D eigenvalue weighted by atomic mass is 10.1. The van der Waals surface area contributed by atoms with Gasteiger partial charge in [-0.25, -0.2) is 0 Å². The molecule has 0 saturated carbocycles. The van der Waals surface area contributed by atoms with E-state index in [1.165, 1.54) is 5.56 Å². The van der Waals surface area contributed by atoms with Crippen LogP contribution < -0.4 is 14.8 Å². The summed E-state index contributed by atoms with van der Waals surface area (Å²) in [6.45, 7) is 2.86. The number of halogens is 1. The van der Waals surface area contributed by atoms with Crippen LogP contribution in [0.5, 0.6) is 11.5 Å². The van der Waals surface area contributed by atoms with Crippen molar-refractivity contribution in [3.63, 3.8) is 0 Å². The first-order valence-corrected chi connectivity index (χ1v) is 7.21. The fourth-order valence-corrected chi connectivity index (χ4v) is 2.35. The minimum absolute atomic E-state index is 0.219. The highest BCUT2D eigenvalue weighted by atomic mass is 35.5. The second-order valence-corrected chi connectivity index (χ2v) is 5.28. The quantitative estimate of drug-likeness (QED) is 0.867. The average molecular weight is 306 g/mol. The summed E-state index contributed by atoms with van der Waals surface area (Å²) in [5.41, 5.74) is 2.31. The molecule has 0 aliphatic carbocycles. The molecular formula is C17H20ClNO2. The van der Waals surface area contributed by atoms with Crippen molar-refractivity contribution in [2.45, 2.75) is 19.5 Å². The number of hydrogen-bond acceptors (Lipinski definition) is 3. The van der Waals surface area contributed by atoms with Crippen molar-refractivity contribution < 1.29 is 9.47 Å². The van der Waals surface area contributed by atoms with Gasteiger partial charge in [-0.1, -0.05) is 29.8 Å². The average Bonchev–Trinajstić information content (AvgIpc) is 2.52. The number of ether oxygens (including phenoxy) is 2. The van der Waals surface area contributed by atoms with Crippen molar-refractivity contribution in [2.75, 3.05) is 14.2 Å². The number of rotatable bonds is 6. The van der Waals surface area contributed by atoms with Crippen LogP contribution in [0.25, 0.3) is 0 Å². The Kier molecular flexibility index (Phi) is 5.48. The van der Waals surface area contributed by atoms with Gasteiger partial charge in [-0.3, -0.25) is 0 Å². The minimum atomic E-state index is 0.219. The van der Waals surface area contributed by atoms with E-state index in [0.717, 1.165) is 28.6 Å². The highest BCUT2D eigenvalue weighted by Gasteiger charge is 2.08. The molecule has 0 bridgehead atoms. The van der Waals surface area contributed by atoms with Crippen LogP contribution in [0.2, 0.25) is 5.02 Å². The molecule has 1 N–H and O–H groups in total. The van der Waals surface area contributed by atoms with E-state index in [1.807, 2.05) is 36.4 Å². The summed E-state index contributed by atoms with van der Waals surface area (Å²) in [5, 5.41) is 4.23. The van der Waals surface area contributed by atoms with E-state index in [9.17, 15) is 0 Å². The number of nitrogens with one attached hydrogen (secondary N) is 1. The maximum atomic E-state index is 6.02. The van der Waals surface area contributed by atoms with Crippen molar-refractivity contribution in [3.05, 3.63) is 58.6 Å². The molecule has 2 rings (SSSR count). The first-order chi connectivity index (χ1) is 10.1. The number of hydrogen-bond donors (Lipinski definition) is 1. The Morgan fingerprint density at radius 1 is 1.05 bits per heavy atom. The molecule has 21 heavy (non-hydrogen) atoms. The van der Waals surface area contributed by atoms with Gasteiger partial charge in [0.25, 0.3) is 0 Å². The predicted octanol–water partition coefficient (Wildman–Crippen LogP) is 4.21. The lowest BCUT2D eigenvalue weighted by molar-refractivity contribution is 0.354. The van der Waals surface area contributed by atoms with Gasteiger partial charge in [-0.15, -0.1) is 0 Å². The molecule has 2 aromatic rings. The molecule has 0 aliphatic heterocycles. The molecule has 0 radical (unpaired) electrons. The molecule has 2 aromatic carbocycles. The maximum absolute atomic E-state index is 6.02. The molecule has 0 saturated heterocycles. The summed E-state index contributed by atoms with van der Waals surface area (Å²) in [5.74, 6) is 1.48. The normalized spacial score (nSPS) is 12.0. The van der Waals surface area contributed by atoms with Crippen LogP contribution in [0.3, 0.4) is 0 Å². The van der Waals surface area contributed by atoms with Gasteiger partial charge < -0.3 is 14.8 Å². The van der Waals surface area contributed by atoms with Crippen LogP contribution in [0.15, 0.2) is 42.5 Å². The van der Waals surface area contributed by atoms with Gasteiger partial charge in [0.05, 0.1) is 14.2 Å². The van der Waals surface area contributed by atoms with E-state index in [4.69, 9.17) is 21.1 Å². The van der Waals surface area contributed by atoms with Gasteiger partial charge in [0.15, 0.2) is 11.5 Å². The topological polar surface area (TPSA) is 30.5 Å². The predicted molar refractivity (Wildman–Crippen MR) is 86.3 cm³/mol. The largest absolute Gasteiger partial charge is 0.493 e. The summed E-state index contributed by atoms with van der Waals surface area (Å²) in [4.78, 5) is 0. The third-order valence-corrected chi connectivity index (χ3v) is 3.64. The first-order valence-electron chi connectivity index (χ1n) is 6.83. The smallest absolute Gasteiger partial charge is 0.161 e. The molecule has 0 unspecified atom stereocenters. The summed E-state index contributed by atoms with van der Waals surface area (Å²) in [6, 6.07) is 14.0. The second kappa shape index (κ2) is 7.34. The van der Waals surface area contributed by atoms with E-state index in [0.29, 0.717) is 0 Å². The van der Waals surface area contributed by atoms with Gasteiger partial charge in [0.2, 0.25) is 0 Å². The summed E-state index contributed by atoms with van der Waals surface area (Å²) in [7, 11) is 3.28. The van der Waals surface area contributed by atoms with Crippen LogP contribution >= 0.6 is 11.6 Å². The van der Waals surface area contributed by atoms with Crippen LogP contribution in [0.4, 0.5) is 0 Å². The van der Waals surface area contributed by atoms with Gasteiger partial charge in [0.1, 0.15) is 0 Å². The third-order valence-electron chi connectivity index (χ3n) is 3.41. The molecule has 0 heterocycles. The molecule has 112 valence electrons. The van der Waals surface area contributed by atoms with Crippen molar-refractivity contribution in [2.24, 2.45) is 0 Å². The molecular weight excluding hydrogens is 286 g/mol. The highest BCUT2D eigenvalue weighted by molar-refractivity contribution is 6.30. The molecule has 4 heteroatoms. The van der Waals surface area contributed by atoms with E-state index in [2.05, 4.69) is 18.3 Å². The highest BCUT2D eigenvalue weighted by Crippen LogP contribution is 2.27. The number of benzene rings is 2. The molecule has 0 spiro atoms. The SMILES string of the molecule is COc1ccc(CN[C@H](C)c2cccc(Cl)c2)cc1OC. The zero-order valence-electron chi connectivity index (χ0n) is 12.5. The maximum Gasteiger partial charge on any atom is 0.161 e. The Labute approximate surface area is 130 Å². The van der Waals surface area contributed by atoms with E-state index in [1.54, 1.807) is 14.2 Å². The van der Waals surface area contributed by atoms with Crippen molar-refractivity contribution in [3.8, 4) is 11.5 Å². The van der Waals surface area contributed by atoms with Gasteiger partial charge in [-0.05, 0) is 42.3 Å². The Hall–Kier alpha value is -1.71. The fourth-order valence-electron chi connectivity index (χ4n) is 2.16. The summed E-state index contributed by atoms with van der Waals surface area (Å²) < 4.78 is 10.6. The lowest BCUT2D eigenvalue weighted by Gasteiger charge is -2.15. The molecule has 0 amide bonds. The Morgan fingerprint density at radius 3 is 2.48 bits per heavy atom. The van der Waals surface area contributed by atoms with Crippen molar-refractivity contribution in [1.82, 2.24) is 5.32 Å². The van der Waals surface area contributed by atoms with Crippen LogP contribution in [-0.2, 0) is 6.54 Å². The monoisotopic (exact) mass is 305 g/mol. The lowest BCUT2D eigenvalue weighted by Crippen LogP contribution is -2.18. The van der Waals surface area contributed by atoms with Gasteiger partial charge >= 0.3 is 0 Å². The third kappa shape index (κ3) is 4.13. The minimum Gasteiger partial charge on any atom is -0.493 e. The van der Waals surface area contributed by atoms with Crippen molar-refractivity contribution >= 4 is 11.6 Å². The molecule has 0 aromatic heterocycles. The Bertz CT molecular complexity index is 601. The van der Waals surface area contributed by atoms with Crippen LogP contribution in [-0.4, -0.2) is 14.2 Å². The van der Waals surface area contributed by atoms with Crippen LogP contribution in [0, 0.1) is 0 Å². The van der Waals surface area contributed by atoms with E-state index >= 15 is 0 Å². The van der Waals surface area contributed by atoms with Gasteiger partial charge in [-0.2, -0.15) is 0 Å². The fraction of sp³-hybridized carbons (Fsp3) is 0.294. The van der Waals surface area contributed by atoms with Crippen LogP contribution in [0.1, 0.15) is 24.1 Å². The summed E-state index contributed by atoms with van der Waals surface area (Å²) >= 11 is 6.02. The number of methoxy groups -OCH3 is 2. The standard InChI is InChI=1S/C17H20ClNO2/c1-12(14-5-4-6-15(18)10-14)19-11-13-7-8-16(20-2)17(9-13)21-3/h4-10,12,19H,11H2,1-3H3/t12-/m1/s1. The second-order valence-electron chi connectivity index (χ2n) is 4.85. The molecule has 0 fully saturated rings. The van der Waals surface area contributed by atoms with E-state index < -0.39 is 0 Å². The first kappa shape index (κ1) is 15.7. The Balaban J connectivity index is 2.02. The summed E-state index contributed by atoms with van der Waals surface area (Å²) in [6.07, 6.45) is 0. The molecule has 3 nitrogen and oxygen atoms in total. The Morgan fingerprint density at radius 2 is 1.81 bits per heavy atom. The molecule has 0 aliphatic rings.